The largest absolute Gasteiger partial charge is 0.481 e. The molecule has 0 bridgehead atoms. The molecule has 1 aromatic carbocycles. The topological polar surface area (TPSA) is 92.4 Å². The van der Waals surface area contributed by atoms with Crippen LogP contribution >= 0.6 is 11.8 Å². The van der Waals surface area contributed by atoms with Gasteiger partial charge in [-0.3, -0.25) is 9.59 Å². The van der Waals surface area contributed by atoms with Gasteiger partial charge in [-0.15, -0.1) is 11.8 Å². The lowest BCUT2D eigenvalue weighted by Gasteiger charge is -2.09. The number of aromatic nitrogens is 1. The van der Waals surface area contributed by atoms with E-state index in [-0.39, 0.29) is 18.9 Å². The highest BCUT2D eigenvalue weighted by atomic mass is 32.2. The van der Waals surface area contributed by atoms with E-state index in [4.69, 9.17) is 9.63 Å². The second-order valence-electron chi connectivity index (χ2n) is 4.99. The van der Waals surface area contributed by atoms with Crippen LogP contribution in [0.3, 0.4) is 0 Å². The number of hydrogen-bond acceptors (Lipinski definition) is 5. The van der Waals surface area contributed by atoms with Crippen LogP contribution in [0.2, 0.25) is 0 Å². The highest BCUT2D eigenvalue weighted by Crippen LogP contribution is 2.28. The predicted molar refractivity (Wildman–Crippen MR) is 86.6 cm³/mol. The van der Waals surface area contributed by atoms with Crippen molar-refractivity contribution < 1.29 is 19.2 Å². The van der Waals surface area contributed by atoms with Crippen molar-refractivity contribution in [2.45, 2.75) is 30.9 Å². The number of aryl methyl sites for hydroxylation is 2. The summed E-state index contributed by atoms with van der Waals surface area (Å²) in [4.78, 5) is 23.5. The highest BCUT2D eigenvalue weighted by molar-refractivity contribution is 7.98. The van der Waals surface area contributed by atoms with E-state index in [9.17, 15) is 9.59 Å². The Morgan fingerprint density at radius 1 is 1.30 bits per heavy atom. The Kier molecular flexibility index (Phi) is 5.81. The summed E-state index contributed by atoms with van der Waals surface area (Å²) in [7, 11) is 0. The van der Waals surface area contributed by atoms with Crippen LogP contribution in [-0.4, -0.2) is 28.7 Å². The van der Waals surface area contributed by atoms with E-state index in [1.807, 2.05) is 26.0 Å². The maximum absolute atomic E-state index is 12.2. The Bertz CT molecular complexity index is 692. The van der Waals surface area contributed by atoms with Crippen molar-refractivity contribution in [3.05, 3.63) is 46.8 Å². The molecule has 2 rings (SSSR count). The molecule has 0 fully saturated rings. The molecular weight excluding hydrogens is 316 g/mol. The van der Waals surface area contributed by atoms with Gasteiger partial charge in [0.15, 0.2) is 0 Å². The molecule has 1 heterocycles. The standard InChI is InChI=1S/C16H18N2O4S/c1-10-13(11(2)22-18-10)9-23-14-6-4-3-5-12(14)16(21)17-8-7-15(19)20/h3-6H,7-9H2,1-2H3,(H,17,21)(H,19,20). The maximum Gasteiger partial charge on any atom is 0.305 e. The molecule has 0 spiro atoms. The molecule has 0 atom stereocenters. The molecule has 0 aliphatic heterocycles. The summed E-state index contributed by atoms with van der Waals surface area (Å²) in [6.45, 7) is 3.86. The van der Waals surface area contributed by atoms with Crippen LogP contribution in [0, 0.1) is 13.8 Å². The Morgan fingerprint density at radius 3 is 2.70 bits per heavy atom. The molecule has 1 aromatic heterocycles. The van der Waals surface area contributed by atoms with E-state index in [1.54, 1.807) is 12.1 Å². The van der Waals surface area contributed by atoms with Crippen LogP contribution in [0.4, 0.5) is 0 Å². The summed E-state index contributed by atoms with van der Waals surface area (Å²) < 4.78 is 5.14. The van der Waals surface area contributed by atoms with Crippen molar-refractivity contribution in [2.24, 2.45) is 0 Å². The number of carbonyl (C=O) groups is 2. The van der Waals surface area contributed by atoms with E-state index < -0.39 is 5.97 Å². The number of nitrogens with zero attached hydrogens (tertiary/aromatic N) is 1. The second kappa shape index (κ2) is 7.82. The first kappa shape index (κ1) is 17.1. The lowest BCUT2D eigenvalue weighted by molar-refractivity contribution is -0.136. The number of aliphatic carboxylic acids is 1. The first-order chi connectivity index (χ1) is 11.0. The van der Waals surface area contributed by atoms with Gasteiger partial charge in [-0.25, -0.2) is 0 Å². The Labute approximate surface area is 138 Å². The fraction of sp³-hybridized carbons (Fsp3) is 0.312. The minimum absolute atomic E-state index is 0.0971. The smallest absolute Gasteiger partial charge is 0.305 e. The quantitative estimate of drug-likeness (QED) is 0.756. The zero-order valence-electron chi connectivity index (χ0n) is 13.0. The fourth-order valence-corrected chi connectivity index (χ4v) is 3.22. The predicted octanol–water partition coefficient (Wildman–Crippen LogP) is 2.79. The van der Waals surface area contributed by atoms with Crippen LogP contribution in [0.15, 0.2) is 33.7 Å². The van der Waals surface area contributed by atoms with Crippen LogP contribution < -0.4 is 5.32 Å². The van der Waals surface area contributed by atoms with Crippen LogP contribution in [0.25, 0.3) is 0 Å². The number of rotatable bonds is 7. The molecule has 0 saturated carbocycles. The highest BCUT2D eigenvalue weighted by Gasteiger charge is 2.14. The molecule has 122 valence electrons. The lowest BCUT2D eigenvalue weighted by atomic mass is 10.2. The minimum atomic E-state index is -0.939. The molecule has 0 unspecified atom stereocenters. The summed E-state index contributed by atoms with van der Waals surface area (Å²) in [6, 6.07) is 7.25. The van der Waals surface area contributed by atoms with Gasteiger partial charge >= 0.3 is 5.97 Å². The summed E-state index contributed by atoms with van der Waals surface area (Å²) >= 11 is 1.52. The van der Waals surface area contributed by atoms with Crippen LogP contribution in [-0.2, 0) is 10.5 Å². The first-order valence-electron chi connectivity index (χ1n) is 7.12. The normalized spacial score (nSPS) is 10.5. The van der Waals surface area contributed by atoms with E-state index in [1.165, 1.54) is 11.8 Å². The summed E-state index contributed by atoms with van der Waals surface area (Å²) in [5, 5.41) is 15.2. The summed E-state index contributed by atoms with van der Waals surface area (Å²) in [5.41, 5.74) is 2.41. The number of thioether (sulfide) groups is 1. The monoisotopic (exact) mass is 334 g/mol. The van der Waals surface area contributed by atoms with E-state index >= 15 is 0 Å². The van der Waals surface area contributed by atoms with Crippen molar-refractivity contribution in [1.82, 2.24) is 10.5 Å². The first-order valence-corrected chi connectivity index (χ1v) is 8.11. The number of carbonyl (C=O) groups excluding carboxylic acids is 1. The van der Waals surface area contributed by atoms with Gasteiger partial charge in [0.05, 0.1) is 17.7 Å². The third-order valence-electron chi connectivity index (χ3n) is 3.31. The Morgan fingerprint density at radius 2 is 2.04 bits per heavy atom. The number of nitrogens with one attached hydrogen (secondary N) is 1. The lowest BCUT2D eigenvalue weighted by Crippen LogP contribution is -2.26. The van der Waals surface area contributed by atoms with Crippen molar-refractivity contribution in [3.8, 4) is 0 Å². The summed E-state index contributed by atoms with van der Waals surface area (Å²) in [5.74, 6) is 0.221. The molecule has 0 aliphatic rings. The van der Waals surface area contributed by atoms with E-state index in [0.717, 1.165) is 21.9 Å². The number of amides is 1. The maximum atomic E-state index is 12.2. The van der Waals surface area contributed by atoms with Crippen molar-refractivity contribution in [1.29, 1.82) is 0 Å². The number of carboxylic acids is 1. The molecule has 0 radical (unpaired) electrons. The average molecular weight is 334 g/mol. The second-order valence-corrected chi connectivity index (χ2v) is 6.00. The van der Waals surface area contributed by atoms with Crippen molar-refractivity contribution in [2.75, 3.05) is 6.54 Å². The molecule has 0 saturated heterocycles. The van der Waals surface area contributed by atoms with Gasteiger partial charge in [0.1, 0.15) is 5.76 Å². The van der Waals surface area contributed by atoms with Crippen LogP contribution in [0.1, 0.15) is 33.8 Å². The molecule has 2 aromatic rings. The summed E-state index contributed by atoms with van der Waals surface area (Å²) in [6.07, 6.45) is -0.0971. The van der Waals surface area contributed by atoms with Gasteiger partial charge in [-0.1, -0.05) is 17.3 Å². The van der Waals surface area contributed by atoms with Gasteiger partial charge in [0.2, 0.25) is 0 Å². The van der Waals surface area contributed by atoms with Gasteiger partial charge < -0.3 is 14.9 Å². The Balaban J connectivity index is 2.05. The number of benzene rings is 1. The minimum Gasteiger partial charge on any atom is -0.481 e. The third kappa shape index (κ3) is 4.59. The fourth-order valence-electron chi connectivity index (χ4n) is 2.02. The van der Waals surface area contributed by atoms with Gasteiger partial charge in [-0.05, 0) is 26.0 Å². The zero-order valence-corrected chi connectivity index (χ0v) is 13.8. The Hall–Kier alpha value is -2.28. The SMILES string of the molecule is Cc1noc(C)c1CSc1ccccc1C(=O)NCCC(=O)O. The van der Waals surface area contributed by atoms with Gasteiger partial charge in [0.25, 0.3) is 5.91 Å². The van der Waals surface area contributed by atoms with Crippen molar-refractivity contribution >= 4 is 23.6 Å². The third-order valence-corrected chi connectivity index (χ3v) is 4.41. The molecule has 7 heteroatoms. The molecular formula is C16H18N2O4S. The molecule has 2 N–H and O–H groups in total. The van der Waals surface area contributed by atoms with E-state index in [0.29, 0.717) is 11.3 Å². The number of carboxylic acid groups (broad SMARTS) is 1. The molecule has 6 nitrogen and oxygen atoms in total. The zero-order chi connectivity index (χ0) is 16.8. The van der Waals surface area contributed by atoms with E-state index in [2.05, 4.69) is 10.5 Å². The van der Waals surface area contributed by atoms with Crippen LogP contribution in [0.5, 0.6) is 0 Å². The van der Waals surface area contributed by atoms with Gasteiger partial charge in [0, 0.05) is 22.8 Å². The molecule has 23 heavy (non-hydrogen) atoms. The van der Waals surface area contributed by atoms with Gasteiger partial charge in [-0.2, -0.15) is 0 Å². The molecule has 0 aliphatic carbocycles. The average Bonchev–Trinajstić information content (AvgIpc) is 2.84. The van der Waals surface area contributed by atoms with Crippen molar-refractivity contribution in [3.63, 3.8) is 0 Å². The number of hydrogen-bond donors (Lipinski definition) is 2. The molecule has 1 amide bonds.